The van der Waals surface area contributed by atoms with Gasteiger partial charge in [0.2, 0.25) is 0 Å². The van der Waals surface area contributed by atoms with Crippen molar-refractivity contribution in [3.63, 3.8) is 0 Å². The van der Waals surface area contributed by atoms with Gasteiger partial charge in [-0.3, -0.25) is 0 Å². The van der Waals surface area contributed by atoms with E-state index >= 15 is 0 Å². The molecule has 0 aliphatic heterocycles. The quantitative estimate of drug-likeness (QED) is 0.0317. The van der Waals surface area contributed by atoms with Gasteiger partial charge in [-0.05, 0) is 62.3 Å². The van der Waals surface area contributed by atoms with E-state index in [1.807, 2.05) is 78.0 Å². The summed E-state index contributed by atoms with van der Waals surface area (Å²) in [6.07, 6.45) is 22.6. The highest BCUT2D eigenvalue weighted by atomic mass is 28.4. The summed E-state index contributed by atoms with van der Waals surface area (Å²) in [5.41, 5.74) is -1.44. The zero-order valence-electron chi connectivity index (χ0n) is 45.8. The summed E-state index contributed by atoms with van der Waals surface area (Å²) in [6.45, 7) is 34.0. The highest BCUT2D eigenvalue weighted by Gasteiger charge is 2.47. The molecule has 0 saturated heterocycles. The van der Waals surface area contributed by atoms with E-state index in [0.29, 0.717) is 12.3 Å². The molecule has 13 nitrogen and oxygen atoms in total. The Morgan fingerprint density at radius 2 is 1.08 bits per heavy atom. The first kappa shape index (κ1) is 62.3. The molecule has 0 bridgehead atoms. The number of aliphatic hydroxyl groups is 1. The minimum atomic E-state index is -2.28. The number of aliphatic hydroxyl groups excluding tert-OH is 1. The van der Waals surface area contributed by atoms with Gasteiger partial charge in [0.05, 0.1) is 43.4 Å². The second kappa shape index (κ2) is 27.8. The maximum Gasteiger partial charge on any atom is 0.360 e. The highest BCUT2D eigenvalue weighted by Crippen LogP contribution is 2.43. The second-order valence-corrected chi connectivity index (χ2v) is 31.3. The van der Waals surface area contributed by atoms with E-state index in [1.165, 1.54) is 13.4 Å². The summed E-state index contributed by atoms with van der Waals surface area (Å²) < 4.78 is 42.1. The minimum Gasteiger partial charge on any atom is -0.476 e. The molecule has 2 N–H and O–H groups in total. The van der Waals surface area contributed by atoms with Crippen molar-refractivity contribution in [2.75, 3.05) is 14.2 Å². The van der Waals surface area contributed by atoms with E-state index in [4.69, 9.17) is 37.0 Å². The molecule has 392 valence electrons. The molecule has 2 heterocycles. The molecule has 0 radical (unpaired) electrons. The summed E-state index contributed by atoms with van der Waals surface area (Å²) in [7, 11) is -1.25. The summed E-state index contributed by atoms with van der Waals surface area (Å²) in [6, 6.07) is 0. The maximum atomic E-state index is 13.9. The van der Waals surface area contributed by atoms with Crippen molar-refractivity contribution in [3.8, 4) is 23.7 Å². The van der Waals surface area contributed by atoms with E-state index in [0.717, 1.165) is 6.26 Å². The number of oxazole rings is 2. The molecule has 0 spiro atoms. The van der Waals surface area contributed by atoms with Gasteiger partial charge in [-0.25, -0.2) is 19.6 Å². The van der Waals surface area contributed by atoms with Crippen LogP contribution in [0.5, 0.6) is 0 Å². The Morgan fingerprint density at radius 3 is 1.49 bits per heavy atom. The normalized spacial score (nSPS) is 16.1. The largest absolute Gasteiger partial charge is 0.476 e. The fourth-order valence-corrected chi connectivity index (χ4v) is 9.05. The lowest BCUT2D eigenvalue weighted by molar-refractivity contribution is -0.0411. The van der Waals surface area contributed by atoms with Crippen LogP contribution in [-0.2, 0) is 35.9 Å². The Morgan fingerprint density at radius 1 is 0.662 bits per heavy atom. The van der Waals surface area contributed by atoms with Crippen LogP contribution in [0.25, 0.3) is 0 Å². The Bertz CT molecular complexity index is 2310. The first-order valence-electron chi connectivity index (χ1n) is 24.3. The van der Waals surface area contributed by atoms with E-state index < -0.39 is 69.9 Å². The number of ether oxygens (including phenoxy) is 3. The zero-order valence-corrected chi connectivity index (χ0v) is 47.8. The number of aromatic carboxylic acids is 1. The molecule has 71 heavy (non-hydrogen) atoms. The summed E-state index contributed by atoms with van der Waals surface area (Å²) in [4.78, 5) is 33.5. The lowest BCUT2D eigenvalue weighted by atomic mass is 9.79. The van der Waals surface area contributed by atoms with Crippen molar-refractivity contribution in [1.29, 1.82) is 0 Å². The van der Waals surface area contributed by atoms with Crippen LogP contribution in [0.2, 0.25) is 36.3 Å². The monoisotopic (exact) mass is 1020 g/mol. The Hall–Kier alpha value is -4.85. The number of hydrogen-bond acceptors (Lipinski definition) is 12. The molecular formula is C56H84N2O11Si2. The molecule has 2 aromatic heterocycles. The molecule has 2 rings (SSSR count). The zero-order chi connectivity index (χ0) is 53.8. The van der Waals surface area contributed by atoms with Crippen molar-refractivity contribution in [3.05, 3.63) is 109 Å². The average molecular weight is 1020 g/mol. The van der Waals surface area contributed by atoms with Crippen molar-refractivity contribution in [2.24, 2.45) is 10.8 Å². The molecule has 0 aliphatic rings. The summed E-state index contributed by atoms with van der Waals surface area (Å²) in [5, 5.41) is 20.3. The number of rotatable bonds is 25. The number of carbonyl (C=O) groups is 2. The highest BCUT2D eigenvalue weighted by molar-refractivity contribution is 6.74. The van der Waals surface area contributed by atoms with Gasteiger partial charge in [0.1, 0.15) is 18.6 Å². The number of aromatic nitrogens is 2. The molecule has 0 aromatic carbocycles. The van der Waals surface area contributed by atoms with Crippen molar-refractivity contribution in [2.45, 2.75) is 182 Å². The number of methoxy groups -OCH3 is 2. The predicted molar refractivity (Wildman–Crippen MR) is 287 cm³/mol. The second-order valence-electron chi connectivity index (χ2n) is 21.8. The third-order valence-electron chi connectivity index (χ3n) is 13.5. The fraction of sp³-hybridized carbons (Fsp3) is 0.571. The molecule has 2 aromatic rings. The minimum absolute atomic E-state index is 0.0197. The molecule has 6 atom stereocenters. The smallest absolute Gasteiger partial charge is 0.360 e. The van der Waals surface area contributed by atoms with Crippen molar-refractivity contribution < 1.29 is 51.7 Å². The van der Waals surface area contributed by atoms with Gasteiger partial charge in [-0.15, -0.1) is 0 Å². The van der Waals surface area contributed by atoms with Gasteiger partial charge in [-0.2, -0.15) is 0 Å². The summed E-state index contributed by atoms with van der Waals surface area (Å²) >= 11 is 0. The average Bonchev–Trinajstić information content (AvgIpc) is 3.96. The van der Waals surface area contributed by atoms with Gasteiger partial charge in [0.15, 0.2) is 39.8 Å². The predicted octanol–water partition coefficient (Wildman–Crippen LogP) is 12.1. The number of carboxylic acids is 1. The fourth-order valence-electron chi connectivity index (χ4n) is 6.31. The Kier molecular flexibility index (Phi) is 24.4. The van der Waals surface area contributed by atoms with Gasteiger partial charge in [0, 0.05) is 37.9 Å². The van der Waals surface area contributed by atoms with Crippen molar-refractivity contribution >= 4 is 28.6 Å². The maximum absolute atomic E-state index is 13.9. The van der Waals surface area contributed by atoms with E-state index in [2.05, 4.69) is 101 Å². The molecule has 0 amide bonds. The van der Waals surface area contributed by atoms with Crippen LogP contribution in [0.3, 0.4) is 0 Å². The number of carboxylic acid groups (broad SMARTS) is 1. The van der Waals surface area contributed by atoms with Crippen LogP contribution in [0.4, 0.5) is 0 Å². The third kappa shape index (κ3) is 19.6. The molecule has 0 unspecified atom stereocenters. The summed E-state index contributed by atoms with van der Waals surface area (Å²) in [5.74, 6) is 11.1. The third-order valence-corrected chi connectivity index (χ3v) is 22.4. The molecule has 15 heteroatoms. The molecular weight excluding hydrogens is 933 g/mol. The van der Waals surface area contributed by atoms with Gasteiger partial charge < -0.3 is 42.1 Å². The SMILES string of the molecule is C/C=C/[C@@H](O[Si](C)(C)C(C)(C)C)C(C)(C)[C@H](CC#C/C=C\C=C\[C@H](Cc1nc(C(=O)O)co1)OC)OC(=O)c1coc(C[C@@H](/C=C/C=C\C#CC[C@H](O)C(C)(C)[C@@H](/C=C/C)O[Si](C)(C)C(C)(C)C)OC)n1. The lowest BCUT2D eigenvalue weighted by Crippen LogP contribution is -2.51. The Balaban J connectivity index is 2.23. The van der Waals surface area contributed by atoms with Crippen LogP contribution in [0.1, 0.15) is 129 Å². The van der Waals surface area contributed by atoms with E-state index in [9.17, 15) is 14.7 Å². The van der Waals surface area contributed by atoms with Gasteiger partial charge >= 0.3 is 11.9 Å². The number of hydrogen-bond donors (Lipinski definition) is 2. The van der Waals surface area contributed by atoms with Gasteiger partial charge in [-0.1, -0.05) is 154 Å². The van der Waals surface area contributed by atoms with Crippen LogP contribution in [0.15, 0.2) is 94.3 Å². The Labute approximate surface area is 427 Å². The lowest BCUT2D eigenvalue weighted by Gasteiger charge is -2.45. The molecule has 0 saturated carbocycles. The first-order valence-corrected chi connectivity index (χ1v) is 30.1. The van der Waals surface area contributed by atoms with Crippen LogP contribution in [0, 0.1) is 34.5 Å². The molecule has 0 fully saturated rings. The van der Waals surface area contributed by atoms with Crippen LogP contribution >= 0.6 is 0 Å². The number of nitrogens with zero attached hydrogens (tertiary/aromatic N) is 2. The van der Waals surface area contributed by atoms with Crippen molar-refractivity contribution in [1.82, 2.24) is 9.97 Å². The molecule has 0 aliphatic carbocycles. The van der Waals surface area contributed by atoms with Gasteiger partial charge in [0.25, 0.3) is 0 Å². The first-order chi connectivity index (χ1) is 33.0. The van der Waals surface area contributed by atoms with Crippen LogP contribution < -0.4 is 0 Å². The number of esters is 1. The number of carbonyl (C=O) groups excluding carboxylic acids is 1. The van der Waals surface area contributed by atoms with E-state index in [-0.39, 0.29) is 52.7 Å². The van der Waals surface area contributed by atoms with Crippen LogP contribution in [-0.4, -0.2) is 99.6 Å². The topological polar surface area (TPSA) is 173 Å². The van der Waals surface area contributed by atoms with E-state index in [1.54, 1.807) is 43.6 Å². The standard InChI is InChI=1S/C56H84N2O11Si2/c1-19-31-47(68-70(15,16)53(3,4)5)55(9,10)45(59)35-29-25-21-23-27-34-42(64-14)38-50-58-44(40-66-50)52(62)67-46(56(11,12)48(32-20-2)69-71(17,18)54(6,7)8)36-30-26-22-24-28-33-41(63-13)37-49-57-43(39-65-49)51(60)61/h19-24,27-28,31-34,39-42,45-48,59H,35-38H2,1-18H3,(H,60,61)/b23-21-,24-22-,31-19+,32-20+,33-28+,34-27+/t41-,42-,45+,46+,47-,48-/m1/s1. The number of allylic oxidation sites excluding steroid dienone is 8.